The average Bonchev–Trinajstić information content (AvgIpc) is 2.85. The molecule has 0 spiro atoms. The molecule has 0 radical (unpaired) electrons. The molecule has 1 aliphatic carbocycles. The van der Waals surface area contributed by atoms with Crippen molar-refractivity contribution in [1.82, 2.24) is 4.90 Å². The fourth-order valence-electron chi connectivity index (χ4n) is 5.76. The Morgan fingerprint density at radius 2 is 1.83 bits per heavy atom. The number of hydrogen-bond acceptors (Lipinski definition) is 8. The van der Waals surface area contributed by atoms with Crippen molar-refractivity contribution in [2.24, 2.45) is 17.8 Å². The Morgan fingerprint density at radius 3 is 2.53 bits per heavy atom. The first-order chi connectivity index (χ1) is 16.6. The zero-order valence-electron chi connectivity index (χ0n) is 21.6. The Morgan fingerprint density at radius 1 is 1.11 bits per heavy atom. The first-order valence-corrected chi connectivity index (χ1v) is 13.2. The van der Waals surface area contributed by atoms with Crippen LogP contribution in [0, 0.1) is 17.8 Å². The van der Waals surface area contributed by atoms with E-state index in [1.54, 1.807) is 21.0 Å². The largest absolute Gasteiger partial charge is 0.464 e. The topological polar surface area (TPSA) is 123 Å². The van der Waals surface area contributed by atoms with Gasteiger partial charge in [0.05, 0.1) is 24.9 Å². The molecule has 3 aliphatic rings. The van der Waals surface area contributed by atoms with Crippen LogP contribution in [-0.2, 0) is 28.6 Å². The lowest BCUT2D eigenvalue weighted by Gasteiger charge is -2.41. The number of carbonyl (C=O) groups is 3. The van der Waals surface area contributed by atoms with Gasteiger partial charge in [-0.05, 0) is 76.5 Å². The number of aliphatic hydroxyl groups is 2. The second-order valence-electron chi connectivity index (χ2n) is 10.9. The highest BCUT2D eigenvalue weighted by atomic mass is 16.6. The normalized spacial score (nSPS) is 35.9. The molecule has 2 heterocycles. The standard InChI is InChI=1S/C26H43NO8.CH4/c1-16(13-19-10-11-21(28)22(14-19)33-4)15-34-25(31)20-7-5-6-12-27(20)24(30)23(29)26(32)17(2)8-9-18(3)35-26;/h16-22,28,32H,5-15H2,1-4H3;1H4/t16-,17-,18-,19+,20+,21-,22-,26-;/m1./s1. The molecule has 2 aliphatic heterocycles. The lowest BCUT2D eigenvalue weighted by Crippen LogP contribution is -2.60. The molecule has 0 aromatic carbocycles. The highest BCUT2D eigenvalue weighted by Gasteiger charge is 2.52. The van der Waals surface area contributed by atoms with Crippen LogP contribution in [0.5, 0.6) is 0 Å². The molecule has 2 N–H and O–H groups in total. The van der Waals surface area contributed by atoms with E-state index >= 15 is 0 Å². The van der Waals surface area contributed by atoms with Crippen molar-refractivity contribution in [1.29, 1.82) is 0 Å². The van der Waals surface area contributed by atoms with E-state index in [2.05, 4.69) is 0 Å². The number of esters is 1. The number of ketones is 1. The van der Waals surface area contributed by atoms with Gasteiger partial charge >= 0.3 is 5.97 Å². The number of hydrogen-bond donors (Lipinski definition) is 2. The Balaban J connectivity index is 0.00000456. The number of methoxy groups -OCH3 is 1. The number of amides is 1. The molecule has 36 heavy (non-hydrogen) atoms. The summed E-state index contributed by atoms with van der Waals surface area (Å²) in [6.07, 6.45) is 5.48. The Bertz CT molecular complexity index is 760. The molecule has 0 unspecified atom stereocenters. The summed E-state index contributed by atoms with van der Waals surface area (Å²) in [7, 11) is 1.61. The van der Waals surface area contributed by atoms with Crippen LogP contribution in [0.2, 0.25) is 0 Å². The van der Waals surface area contributed by atoms with Crippen molar-refractivity contribution >= 4 is 17.7 Å². The quantitative estimate of drug-likeness (QED) is 0.375. The summed E-state index contributed by atoms with van der Waals surface area (Å²) in [6, 6.07) is -0.838. The Labute approximate surface area is 215 Å². The lowest BCUT2D eigenvalue weighted by atomic mass is 9.80. The van der Waals surface area contributed by atoms with E-state index in [0.717, 1.165) is 25.7 Å². The molecule has 9 nitrogen and oxygen atoms in total. The van der Waals surface area contributed by atoms with Crippen molar-refractivity contribution in [3.8, 4) is 0 Å². The molecular weight excluding hydrogens is 466 g/mol. The molecule has 0 bridgehead atoms. The SMILES string of the molecule is C.CO[C@@H]1C[C@H](C[C@@H](C)COC(=O)[C@@H]2CCCCN2C(=O)C(=O)[C@]2(O)O[C@H](C)CC[C@H]2C)CC[C@H]1O. The minimum absolute atomic E-state index is 0. The predicted octanol–water partition coefficient (Wildman–Crippen LogP) is 2.84. The van der Waals surface area contributed by atoms with E-state index in [-0.39, 0.29) is 38.7 Å². The number of ether oxygens (including phenoxy) is 3. The van der Waals surface area contributed by atoms with Gasteiger partial charge < -0.3 is 29.3 Å². The van der Waals surface area contributed by atoms with Gasteiger partial charge in [0.2, 0.25) is 5.79 Å². The molecule has 9 heteroatoms. The molecule has 3 fully saturated rings. The number of piperidine rings is 1. The molecular formula is C27H47NO8. The number of likely N-dealkylation sites (tertiary alicyclic amines) is 1. The number of rotatable bonds is 8. The molecule has 3 rings (SSSR count). The van der Waals surface area contributed by atoms with E-state index in [9.17, 15) is 24.6 Å². The summed E-state index contributed by atoms with van der Waals surface area (Å²) in [5.41, 5.74) is 0. The second-order valence-corrected chi connectivity index (χ2v) is 10.9. The third kappa shape index (κ3) is 7.05. The summed E-state index contributed by atoms with van der Waals surface area (Å²) >= 11 is 0. The Hall–Kier alpha value is -1.55. The summed E-state index contributed by atoms with van der Waals surface area (Å²) in [4.78, 5) is 40.4. The van der Waals surface area contributed by atoms with Crippen LogP contribution in [0.15, 0.2) is 0 Å². The summed E-state index contributed by atoms with van der Waals surface area (Å²) in [6.45, 7) is 5.97. The van der Waals surface area contributed by atoms with Crippen LogP contribution in [0.3, 0.4) is 0 Å². The van der Waals surface area contributed by atoms with Gasteiger partial charge in [-0.3, -0.25) is 9.59 Å². The van der Waals surface area contributed by atoms with Crippen LogP contribution in [0.1, 0.15) is 86.0 Å². The van der Waals surface area contributed by atoms with Gasteiger partial charge in [-0.1, -0.05) is 21.3 Å². The second kappa shape index (κ2) is 13.3. The monoisotopic (exact) mass is 513 g/mol. The number of nitrogens with zero attached hydrogens (tertiary/aromatic N) is 1. The van der Waals surface area contributed by atoms with Gasteiger partial charge in [-0.25, -0.2) is 4.79 Å². The lowest BCUT2D eigenvalue weighted by molar-refractivity contribution is -0.259. The summed E-state index contributed by atoms with van der Waals surface area (Å²) in [5.74, 6) is -4.56. The van der Waals surface area contributed by atoms with Gasteiger partial charge in [0.1, 0.15) is 6.04 Å². The number of Topliss-reactive ketones (excluding diaryl/α,β-unsaturated/α-hetero) is 1. The molecule has 8 atom stereocenters. The highest BCUT2D eigenvalue weighted by molar-refractivity contribution is 6.39. The van der Waals surface area contributed by atoms with E-state index in [4.69, 9.17) is 14.2 Å². The third-order valence-electron chi connectivity index (χ3n) is 8.02. The molecule has 0 aromatic heterocycles. The van der Waals surface area contributed by atoms with Crippen LogP contribution in [-0.4, -0.2) is 83.2 Å². The maximum Gasteiger partial charge on any atom is 0.328 e. The van der Waals surface area contributed by atoms with Crippen molar-refractivity contribution < 1.29 is 38.8 Å². The van der Waals surface area contributed by atoms with Gasteiger partial charge in [0.25, 0.3) is 11.7 Å². The van der Waals surface area contributed by atoms with Crippen molar-refractivity contribution in [2.45, 2.75) is 116 Å². The first-order valence-electron chi connectivity index (χ1n) is 13.2. The maximum atomic E-state index is 13.2. The van der Waals surface area contributed by atoms with Crippen molar-refractivity contribution in [2.75, 3.05) is 20.3 Å². The summed E-state index contributed by atoms with van der Waals surface area (Å²) in [5, 5.41) is 20.9. The van der Waals surface area contributed by atoms with E-state index in [0.29, 0.717) is 38.0 Å². The molecule has 0 aromatic rings. The smallest absolute Gasteiger partial charge is 0.328 e. The molecule has 1 saturated carbocycles. The molecule has 1 amide bonds. The van der Waals surface area contributed by atoms with Gasteiger partial charge in [-0.15, -0.1) is 0 Å². The fraction of sp³-hybridized carbons (Fsp3) is 0.889. The zero-order valence-corrected chi connectivity index (χ0v) is 21.6. The Kier molecular flexibility index (Phi) is 11.3. The van der Waals surface area contributed by atoms with Crippen molar-refractivity contribution in [3.63, 3.8) is 0 Å². The first kappa shape index (κ1) is 30.7. The fourth-order valence-corrected chi connectivity index (χ4v) is 5.76. The van der Waals surface area contributed by atoms with E-state index < -0.39 is 41.5 Å². The van der Waals surface area contributed by atoms with Crippen LogP contribution in [0.25, 0.3) is 0 Å². The van der Waals surface area contributed by atoms with E-state index in [1.807, 2.05) is 6.92 Å². The highest BCUT2D eigenvalue weighted by Crippen LogP contribution is 2.34. The minimum atomic E-state index is -2.16. The van der Waals surface area contributed by atoms with Crippen LogP contribution >= 0.6 is 0 Å². The molecule has 208 valence electrons. The average molecular weight is 514 g/mol. The maximum absolute atomic E-state index is 13.2. The van der Waals surface area contributed by atoms with Gasteiger partial charge in [0, 0.05) is 19.6 Å². The van der Waals surface area contributed by atoms with Crippen LogP contribution in [0.4, 0.5) is 0 Å². The minimum Gasteiger partial charge on any atom is -0.464 e. The zero-order chi connectivity index (χ0) is 25.8. The van der Waals surface area contributed by atoms with E-state index in [1.165, 1.54) is 4.90 Å². The molecule has 2 saturated heterocycles. The summed E-state index contributed by atoms with van der Waals surface area (Å²) < 4.78 is 16.5. The van der Waals surface area contributed by atoms with Gasteiger partial charge in [0.15, 0.2) is 0 Å². The van der Waals surface area contributed by atoms with Crippen molar-refractivity contribution in [3.05, 3.63) is 0 Å². The predicted molar refractivity (Wildman–Crippen MR) is 134 cm³/mol. The number of aliphatic hydroxyl groups excluding tert-OH is 1. The van der Waals surface area contributed by atoms with Crippen LogP contribution < -0.4 is 0 Å². The third-order valence-corrected chi connectivity index (χ3v) is 8.02. The number of carbonyl (C=O) groups excluding carboxylic acids is 3. The van der Waals surface area contributed by atoms with Gasteiger partial charge in [-0.2, -0.15) is 0 Å².